The van der Waals surface area contributed by atoms with Crippen LogP contribution in [0.3, 0.4) is 0 Å². The van der Waals surface area contributed by atoms with E-state index in [0.29, 0.717) is 32.1 Å². The Labute approximate surface area is 117 Å². The Hall–Kier alpha value is -0.210. The lowest BCUT2D eigenvalue weighted by atomic mass is 10.2. The molecule has 0 amide bonds. The lowest BCUT2D eigenvalue weighted by Crippen LogP contribution is -2.46. The summed E-state index contributed by atoms with van der Waals surface area (Å²) >= 11 is 0. The number of rotatable bonds is 8. The molecule has 6 nitrogen and oxygen atoms in total. The van der Waals surface area contributed by atoms with Crippen molar-refractivity contribution in [2.45, 2.75) is 32.2 Å². The SMILES string of the molecule is CCN1CCCC1CN(C)S(=O)(=O)N(C)CCCN. The summed E-state index contributed by atoms with van der Waals surface area (Å²) in [5.41, 5.74) is 5.42. The fraction of sp³-hybridized carbons (Fsp3) is 1.00. The van der Waals surface area contributed by atoms with Gasteiger partial charge in [-0.1, -0.05) is 6.92 Å². The van der Waals surface area contributed by atoms with Crippen LogP contribution in [-0.2, 0) is 10.2 Å². The molecule has 114 valence electrons. The predicted molar refractivity (Wildman–Crippen MR) is 78.1 cm³/mol. The van der Waals surface area contributed by atoms with Crippen LogP contribution in [0.2, 0.25) is 0 Å². The predicted octanol–water partition coefficient (Wildman–Crippen LogP) is -0.0721. The third-order valence-corrected chi connectivity index (χ3v) is 5.75. The second-order valence-electron chi connectivity index (χ2n) is 5.18. The first kappa shape index (κ1) is 16.8. The van der Waals surface area contributed by atoms with Crippen molar-refractivity contribution in [2.75, 3.05) is 46.8 Å². The Kier molecular flexibility index (Phi) is 6.68. The smallest absolute Gasteiger partial charge is 0.281 e. The lowest BCUT2D eigenvalue weighted by molar-refractivity contribution is 0.233. The maximum absolute atomic E-state index is 12.3. The number of likely N-dealkylation sites (tertiary alicyclic amines) is 1. The molecule has 1 heterocycles. The van der Waals surface area contributed by atoms with Gasteiger partial charge in [0, 0.05) is 33.2 Å². The molecule has 0 aromatic carbocycles. The molecule has 19 heavy (non-hydrogen) atoms. The van der Waals surface area contributed by atoms with Crippen LogP contribution < -0.4 is 5.73 Å². The summed E-state index contributed by atoms with van der Waals surface area (Å²) in [6.45, 7) is 5.75. The summed E-state index contributed by atoms with van der Waals surface area (Å²) in [6.07, 6.45) is 2.93. The second-order valence-corrected chi connectivity index (χ2v) is 7.32. The number of hydrogen-bond donors (Lipinski definition) is 1. The van der Waals surface area contributed by atoms with Crippen LogP contribution in [0.5, 0.6) is 0 Å². The fourth-order valence-corrected chi connectivity index (χ4v) is 3.77. The Morgan fingerprint density at radius 1 is 1.32 bits per heavy atom. The molecule has 1 atom stereocenters. The molecule has 1 saturated heterocycles. The molecule has 7 heteroatoms. The highest BCUT2D eigenvalue weighted by Gasteiger charge is 2.30. The summed E-state index contributed by atoms with van der Waals surface area (Å²) < 4.78 is 27.5. The molecule has 0 radical (unpaired) electrons. The van der Waals surface area contributed by atoms with E-state index >= 15 is 0 Å². The molecule has 1 aliphatic heterocycles. The van der Waals surface area contributed by atoms with Crippen LogP contribution in [-0.4, -0.2) is 74.8 Å². The third kappa shape index (κ3) is 4.39. The van der Waals surface area contributed by atoms with Gasteiger partial charge in [-0.05, 0) is 38.9 Å². The van der Waals surface area contributed by atoms with Crippen molar-refractivity contribution >= 4 is 10.2 Å². The van der Waals surface area contributed by atoms with E-state index in [4.69, 9.17) is 5.73 Å². The second kappa shape index (κ2) is 7.54. The van der Waals surface area contributed by atoms with Gasteiger partial charge in [0.05, 0.1) is 0 Å². The lowest BCUT2D eigenvalue weighted by Gasteiger charge is -2.29. The standard InChI is InChI=1S/C12H28N4O2S/c1-4-16-10-5-7-12(16)11-15(3)19(17,18)14(2)9-6-8-13/h12H,4-11,13H2,1-3H3. The van der Waals surface area contributed by atoms with Gasteiger partial charge >= 0.3 is 0 Å². The number of likely N-dealkylation sites (N-methyl/N-ethyl adjacent to an activating group) is 2. The van der Waals surface area contributed by atoms with Crippen LogP contribution >= 0.6 is 0 Å². The van der Waals surface area contributed by atoms with Crippen molar-refractivity contribution in [3.8, 4) is 0 Å². The molecule has 1 fully saturated rings. The third-order valence-electron chi connectivity index (χ3n) is 3.84. The zero-order valence-corrected chi connectivity index (χ0v) is 13.2. The molecule has 0 saturated carbocycles. The molecule has 0 spiro atoms. The number of hydrogen-bond acceptors (Lipinski definition) is 4. The Morgan fingerprint density at radius 3 is 2.58 bits per heavy atom. The number of nitrogens with zero attached hydrogens (tertiary/aromatic N) is 3. The van der Waals surface area contributed by atoms with Gasteiger partial charge in [0.2, 0.25) is 0 Å². The van der Waals surface area contributed by atoms with Crippen molar-refractivity contribution in [1.82, 2.24) is 13.5 Å². The molecule has 0 aliphatic carbocycles. The van der Waals surface area contributed by atoms with E-state index in [0.717, 1.165) is 25.9 Å². The summed E-state index contributed by atoms with van der Waals surface area (Å²) in [4.78, 5) is 2.35. The molecule has 0 bridgehead atoms. The van der Waals surface area contributed by atoms with Crippen molar-refractivity contribution in [3.05, 3.63) is 0 Å². The summed E-state index contributed by atoms with van der Waals surface area (Å²) in [5, 5.41) is 0. The fourth-order valence-electron chi connectivity index (χ4n) is 2.58. The minimum Gasteiger partial charge on any atom is -0.330 e. The zero-order valence-electron chi connectivity index (χ0n) is 12.4. The Balaban J connectivity index is 2.58. The molecular weight excluding hydrogens is 264 g/mol. The van der Waals surface area contributed by atoms with Crippen LogP contribution in [0.25, 0.3) is 0 Å². The monoisotopic (exact) mass is 292 g/mol. The van der Waals surface area contributed by atoms with Crippen LogP contribution in [0.15, 0.2) is 0 Å². The molecule has 2 N–H and O–H groups in total. The van der Waals surface area contributed by atoms with E-state index in [-0.39, 0.29) is 0 Å². The Morgan fingerprint density at radius 2 is 2.00 bits per heavy atom. The first-order chi connectivity index (χ1) is 8.93. The maximum atomic E-state index is 12.3. The first-order valence-electron chi connectivity index (χ1n) is 7.05. The molecule has 1 aliphatic rings. The summed E-state index contributed by atoms with van der Waals surface area (Å²) in [7, 11) is -0.0600. The van der Waals surface area contributed by atoms with Gasteiger partial charge in [0.1, 0.15) is 0 Å². The highest BCUT2D eigenvalue weighted by atomic mass is 32.2. The topological polar surface area (TPSA) is 69.9 Å². The van der Waals surface area contributed by atoms with Gasteiger partial charge in [0.15, 0.2) is 0 Å². The average Bonchev–Trinajstić information content (AvgIpc) is 2.82. The highest BCUT2D eigenvalue weighted by Crippen LogP contribution is 2.18. The van der Waals surface area contributed by atoms with Crippen molar-refractivity contribution < 1.29 is 8.42 Å². The maximum Gasteiger partial charge on any atom is 0.281 e. The highest BCUT2D eigenvalue weighted by molar-refractivity contribution is 7.86. The van der Waals surface area contributed by atoms with Gasteiger partial charge in [0.25, 0.3) is 10.2 Å². The minimum absolute atomic E-state index is 0.354. The summed E-state index contributed by atoms with van der Waals surface area (Å²) in [6, 6.07) is 0.354. The van der Waals surface area contributed by atoms with Gasteiger partial charge < -0.3 is 5.73 Å². The van der Waals surface area contributed by atoms with E-state index < -0.39 is 10.2 Å². The largest absolute Gasteiger partial charge is 0.330 e. The van der Waals surface area contributed by atoms with Crippen molar-refractivity contribution in [1.29, 1.82) is 0 Å². The van der Waals surface area contributed by atoms with Crippen molar-refractivity contribution in [3.63, 3.8) is 0 Å². The molecule has 1 rings (SSSR count). The van der Waals surface area contributed by atoms with Crippen LogP contribution in [0.1, 0.15) is 26.2 Å². The Bertz CT molecular complexity index is 361. The molecule has 0 aromatic heterocycles. The van der Waals surface area contributed by atoms with Gasteiger partial charge in [-0.3, -0.25) is 4.90 Å². The molecule has 1 unspecified atom stereocenters. The van der Waals surface area contributed by atoms with Crippen LogP contribution in [0, 0.1) is 0 Å². The van der Waals surface area contributed by atoms with Gasteiger partial charge in [-0.15, -0.1) is 0 Å². The van der Waals surface area contributed by atoms with Gasteiger partial charge in [-0.2, -0.15) is 17.0 Å². The first-order valence-corrected chi connectivity index (χ1v) is 8.44. The quantitative estimate of drug-likeness (QED) is 0.680. The summed E-state index contributed by atoms with van der Waals surface area (Å²) in [5.74, 6) is 0. The van der Waals surface area contributed by atoms with E-state index in [1.165, 1.54) is 8.61 Å². The van der Waals surface area contributed by atoms with E-state index in [1.54, 1.807) is 14.1 Å². The molecule has 0 aromatic rings. The van der Waals surface area contributed by atoms with Gasteiger partial charge in [-0.25, -0.2) is 0 Å². The number of nitrogens with two attached hydrogens (primary N) is 1. The average molecular weight is 292 g/mol. The minimum atomic E-state index is -3.35. The van der Waals surface area contributed by atoms with E-state index in [2.05, 4.69) is 11.8 Å². The van der Waals surface area contributed by atoms with E-state index in [9.17, 15) is 8.42 Å². The van der Waals surface area contributed by atoms with Crippen molar-refractivity contribution in [2.24, 2.45) is 5.73 Å². The van der Waals surface area contributed by atoms with Crippen LogP contribution in [0.4, 0.5) is 0 Å². The van der Waals surface area contributed by atoms with E-state index in [1.807, 2.05) is 0 Å². The normalized spacial score (nSPS) is 21.7. The molecular formula is C12H28N4O2S. The zero-order chi connectivity index (χ0) is 14.5.